The molecule has 0 aromatic carbocycles. The number of amides is 2. The SMILES string of the molecule is CC(C(=O)NCc1cccs1)N(C)CC(=O)N(C)C. The molecule has 2 amide bonds. The second-order valence-electron chi connectivity index (χ2n) is 4.68. The third kappa shape index (κ3) is 5.00. The van der Waals surface area contributed by atoms with Gasteiger partial charge in [-0.05, 0) is 25.4 Å². The number of thiophene rings is 1. The molecular weight excluding hydrogens is 262 g/mol. The lowest BCUT2D eigenvalue weighted by Crippen LogP contribution is -2.46. The van der Waals surface area contributed by atoms with Gasteiger partial charge in [0.05, 0.1) is 19.1 Å². The number of nitrogens with zero attached hydrogens (tertiary/aromatic N) is 2. The summed E-state index contributed by atoms with van der Waals surface area (Å²) in [5.74, 6) is -0.0807. The highest BCUT2D eigenvalue weighted by Gasteiger charge is 2.20. The first kappa shape index (κ1) is 15.7. The van der Waals surface area contributed by atoms with Crippen LogP contribution >= 0.6 is 11.3 Å². The van der Waals surface area contributed by atoms with Gasteiger partial charge in [-0.2, -0.15) is 0 Å². The highest BCUT2D eigenvalue weighted by molar-refractivity contribution is 7.09. The maximum atomic E-state index is 12.0. The summed E-state index contributed by atoms with van der Waals surface area (Å²) in [6.07, 6.45) is 0. The first-order valence-electron chi connectivity index (χ1n) is 6.12. The second-order valence-corrected chi connectivity index (χ2v) is 5.71. The summed E-state index contributed by atoms with van der Waals surface area (Å²) in [5.41, 5.74) is 0. The molecule has 1 N–H and O–H groups in total. The molecule has 0 radical (unpaired) electrons. The zero-order valence-corrected chi connectivity index (χ0v) is 12.7. The van der Waals surface area contributed by atoms with E-state index in [1.54, 1.807) is 44.3 Å². The van der Waals surface area contributed by atoms with Crippen molar-refractivity contribution in [2.24, 2.45) is 0 Å². The van der Waals surface area contributed by atoms with Crippen molar-refractivity contribution in [3.63, 3.8) is 0 Å². The minimum absolute atomic E-state index is 0.0135. The largest absolute Gasteiger partial charge is 0.350 e. The molecule has 1 heterocycles. The van der Waals surface area contributed by atoms with Gasteiger partial charge in [-0.1, -0.05) is 6.07 Å². The molecule has 1 aromatic heterocycles. The van der Waals surface area contributed by atoms with Gasteiger partial charge in [0.15, 0.2) is 0 Å². The van der Waals surface area contributed by atoms with E-state index < -0.39 is 0 Å². The van der Waals surface area contributed by atoms with Crippen molar-refractivity contribution in [3.8, 4) is 0 Å². The number of carbonyl (C=O) groups is 2. The van der Waals surface area contributed by atoms with Crippen LogP contribution in [0, 0.1) is 0 Å². The van der Waals surface area contributed by atoms with Crippen molar-refractivity contribution in [1.29, 1.82) is 0 Å². The molecule has 0 fully saturated rings. The Morgan fingerprint density at radius 3 is 2.58 bits per heavy atom. The third-order valence-corrected chi connectivity index (χ3v) is 3.82. The molecule has 1 rings (SSSR count). The van der Waals surface area contributed by atoms with Crippen molar-refractivity contribution in [1.82, 2.24) is 15.1 Å². The first-order chi connectivity index (χ1) is 8.91. The first-order valence-corrected chi connectivity index (χ1v) is 7.00. The Labute approximate surface area is 118 Å². The monoisotopic (exact) mass is 283 g/mol. The molecule has 1 atom stereocenters. The Morgan fingerprint density at radius 1 is 1.37 bits per heavy atom. The molecule has 1 unspecified atom stereocenters. The van der Waals surface area contributed by atoms with Crippen LogP contribution in [0.3, 0.4) is 0 Å². The van der Waals surface area contributed by atoms with Crippen LogP contribution in [0.1, 0.15) is 11.8 Å². The van der Waals surface area contributed by atoms with Crippen molar-refractivity contribution >= 4 is 23.2 Å². The minimum atomic E-state index is -0.330. The predicted molar refractivity (Wildman–Crippen MR) is 77.0 cm³/mol. The van der Waals surface area contributed by atoms with Gasteiger partial charge < -0.3 is 10.2 Å². The van der Waals surface area contributed by atoms with Crippen LogP contribution in [0.5, 0.6) is 0 Å². The van der Waals surface area contributed by atoms with E-state index in [0.29, 0.717) is 6.54 Å². The molecule has 1 aromatic rings. The fourth-order valence-electron chi connectivity index (χ4n) is 1.43. The van der Waals surface area contributed by atoms with Gasteiger partial charge in [0.1, 0.15) is 0 Å². The van der Waals surface area contributed by atoms with Gasteiger partial charge in [-0.15, -0.1) is 11.3 Å². The zero-order valence-electron chi connectivity index (χ0n) is 11.8. The molecule has 0 aliphatic rings. The van der Waals surface area contributed by atoms with E-state index in [2.05, 4.69) is 5.32 Å². The Kier molecular flexibility index (Phi) is 5.98. The van der Waals surface area contributed by atoms with E-state index in [9.17, 15) is 9.59 Å². The fraction of sp³-hybridized carbons (Fsp3) is 0.538. The number of likely N-dealkylation sites (N-methyl/N-ethyl adjacent to an activating group) is 2. The smallest absolute Gasteiger partial charge is 0.237 e. The van der Waals surface area contributed by atoms with Crippen LogP contribution in [0.2, 0.25) is 0 Å². The lowest BCUT2D eigenvalue weighted by atomic mass is 10.2. The molecule has 0 aliphatic carbocycles. The Balaban J connectivity index is 2.40. The molecule has 0 saturated heterocycles. The van der Waals surface area contributed by atoms with E-state index in [1.807, 2.05) is 17.5 Å². The number of hydrogen-bond acceptors (Lipinski definition) is 4. The molecule has 0 bridgehead atoms. The minimum Gasteiger partial charge on any atom is -0.350 e. The van der Waals surface area contributed by atoms with E-state index in [1.165, 1.54) is 4.90 Å². The highest BCUT2D eigenvalue weighted by Crippen LogP contribution is 2.07. The summed E-state index contributed by atoms with van der Waals surface area (Å²) in [7, 11) is 5.19. The average Bonchev–Trinajstić information content (AvgIpc) is 2.87. The summed E-state index contributed by atoms with van der Waals surface area (Å²) < 4.78 is 0. The Hall–Kier alpha value is -1.40. The van der Waals surface area contributed by atoms with E-state index >= 15 is 0 Å². The Bertz CT molecular complexity index is 418. The number of rotatable bonds is 6. The third-order valence-electron chi connectivity index (χ3n) is 2.94. The van der Waals surface area contributed by atoms with Crippen LogP contribution < -0.4 is 5.32 Å². The van der Waals surface area contributed by atoms with Crippen LogP contribution in [0.4, 0.5) is 0 Å². The summed E-state index contributed by atoms with van der Waals surface area (Å²) >= 11 is 1.61. The van der Waals surface area contributed by atoms with Crippen LogP contribution in [-0.4, -0.2) is 55.3 Å². The van der Waals surface area contributed by atoms with Gasteiger partial charge in [-0.25, -0.2) is 0 Å². The highest BCUT2D eigenvalue weighted by atomic mass is 32.1. The van der Waals surface area contributed by atoms with Crippen molar-refractivity contribution < 1.29 is 9.59 Å². The van der Waals surface area contributed by atoms with Gasteiger partial charge >= 0.3 is 0 Å². The lowest BCUT2D eigenvalue weighted by Gasteiger charge is -2.24. The van der Waals surface area contributed by atoms with E-state index in [4.69, 9.17) is 0 Å². The quantitative estimate of drug-likeness (QED) is 0.839. The molecule has 0 spiro atoms. The summed E-state index contributed by atoms with van der Waals surface area (Å²) in [6, 6.07) is 3.61. The maximum absolute atomic E-state index is 12.0. The molecule has 0 saturated carbocycles. The molecule has 5 nitrogen and oxygen atoms in total. The molecule has 0 aliphatic heterocycles. The maximum Gasteiger partial charge on any atom is 0.237 e. The predicted octanol–water partition coefficient (Wildman–Crippen LogP) is 0.773. The molecule has 106 valence electrons. The van der Waals surface area contributed by atoms with Crippen LogP contribution in [0.25, 0.3) is 0 Å². The van der Waals surface area contributed by atoms with Gasteiger partial charge in [0, 0.05) is 19.0 Å². The summed E-state index contributed by atoms with van der Waals surface area (Å²) in [6.45, 7) is 2.57. The van der Waals surface area contributed by atoms with Crippen molar-refractivity contribution in [3.05, 3.63) is 22.4 Å². The van der Waals surface area contributed by atoms with Crippen molar-refractivity contribution in [2.75, 3.05) is 27.7 Å². The van der Waals surface area contributed by atoms with Crippen molar-refractivity contribution in [2.45, 2.75) is 19.5 Å². The summed E-state index contributed by atoms with van der Waals surface area (Å²) in [5, 5.41) is 4.85. The standard InChI is InChI=1S/C13H21N3O2S/c1-10(16(4)9-12(17)15(2)3)13(18)14-8-11-6-5-7-19-11/h5-7,10H,8-9H2,1-4H3,(H,14,18). The molecule has 19 heavy (non-hydrogen) atoms. The average molecular weight is 283 g/mol. The lowest BCUT2D eigenvalue weighted by molar-refractivity contribution is -0.132. The topological polar surface area (TPSA) is 52.7 Å². The van der Waals surface area contributed by atoms with Gasteiger partial charge in [0.2, 0.25) is 11.8 Å². The summed E-state index contributed by atoms with van der Waals surface area (Å²) in [4.78, 5) is 27.9. The van der Waals surface area contributed by atoms with E-state index in [-0.39, 0.29) is 24.4 Å². The number of nitrogens with one attached hydrogen (secondary N) is 1. The van der Waals surface area contributed by atoms with Crippen LogP contribution in [-0.2, 0) is 16.1 Å². The Morgan fingerprint density at radius 2 is 2.05 bits per heavy atom. The number of carbonyl (C=O) groups excluding carboxylic acids is 2. The molecule has 6 heteroatoms. The van der Waals surface area contributed by atoms with Gasteiger partial charge in [-0.3, -0.25) is 14.5 Å². The second kappa shape index (κ2) is 7.25. The zero-order chi connectivity index (χ0) is 14.4. The number of hydrogen-bond donors (Lipinski definition) is 1. The van der Waals surface area contributed by atoms with Crippen LogP contribution in [0.15, 0.2) is 17.5 Å². The van der Waals surface area contributed by atoms with Gasteiger partial charge in [0.25, 0.3) is 0 Å². The molecular formula is C13H21N3O2S. The fourth-order valence-corrected chi connectivity index (χ4v) is 2.07. The normalized spacial score (nSPS) is 12.3. The van der Waals surface area contributed by atoms with E-state index in [0.717, 1.165) is 4.88 Å².